The van der Waals surface area contributed by atoms with Crippen LogP contribution in [0.2, 0.25) is 0 Å². The van der Waals surface area contributed by atoms with Gasteiger partial charge in [0.2, 0.25) is 0 Å². The molecule has 7 aromatic rings. The fourth-order valence-electron chi connectivity index (χ4n) is 10.3. The van der Waals surface area contributed by atoms with Crippen molar-refractivity contribution >= 4 is 21.8 Å². The molecule has 0 fully saturated rings. The van der Waals surface area contributed by atoms with Crippen molar-refractivity contribution in [1.82, 2.24) is 0 Å². The van der Waals surface area contributed by atoms with Crippen molar-refractivity contribution in [2.75, 3.05) is 4.90 Å². The summed E-state index contributed by atoms with van der Waals surface area (Å²) in [7, 11) is -1.86. The Labute approximate surface area is 409 Å². The van der Waals surface area contributed by atoms with Crippen molar-refractivity contribution in [3.63, 3.8) is 0 Å². The topological polar surface area (TPSA) is 83.8 Å². The van der Waals surface area contributed by atoms with E-state index in [9.17, 15) is 15.8 Å². The molecule has 346 valence electrons. The summed E-state index contributed by atoms with van der Waals surface area (Å²) in [5, 5.41) is 30.2. The third kappa shape index (κ3) is 8.15. The smallest absolute Gasteiger partial charge is 0.437 e. The molecule has 0 radical (unpaired) electrons. The second-order valence-electron chi connectivity index (χ2n) is 18.4. The molecule has 2 unspecified atom stereocenters. The van der Waals surface area contributed by atoms with Crippen molar-refractivity contribution in [2.24, 2.45) is 0 Å². The highest BCUT2D eigenvalue weighted by atomic mass is 32.3. The van der Waals surface area contributed by atoms with E-state index in [1.807, 2.05) is 49.4 Å². The highest BCUT2D eigenvalue weighted by Crippen LogP contribution is 2.73. The van der Waals surface area contributed by atoms with Crippen molar-refractivity contribution in [3.8, 4) is 29.3 Å². The van der Waals surface area contributed by atoms with Gasteiger partial charge in [0.05, 0.1) is 0 Å². The zero-order valence-corrected chi connectivity index (χ0v) is 40.0. The molecule has 0 N–H and O–H groups in total. The minimum absolute atomic E-state index is 0.104. The molecule has 9 heteroatoms. The number of alkyl halides is 3. The van der Waals surface area contributed by atoms with Gasteiger partial charge in [-0.2, -0.15) is 29.0 Å². The number of allylic oxidation sites excluding steroid dienone is 2. The first kappa shape index (κ1) is 47.1. The molecule has 2 aliphatic heterocycles. The van der Waals surface area contributed by atoms with Crippen LogP contribution in [0.1, 0.15) is 60.9 Å². The van der Waals surface area contributed by atoms with Gasteiger partial charge in [-0.05, 0) is 127 Å². The van der Waals surface area contributed by atoms with E-state index in [0.29, 0.717) is 17.7 Å². The lowest BCUT2D eigenvalue weighted by Gasteiger charge is -2.48. The van der Waals surface area contributed by atoms with Crippen LogP contribution in [0.3, 0.4) is 0 Å². The van der Waals surface area contributed by atoms with Crippen molar-refractivity contribution in [3.05, 3.63) is 238 Å². The largest absolute Gasteiger partial charge is 0.465 e. The summed E-state index contributed by atoms with van der Waals surface area (Å²) in [4.78, 5) is 7.39. The first-order valence-electron chi connectivity index (χ1n) is 23.1. The van der Waals surface area contributed by atoms with Crippen molar-refractivity contribution in [1.29, 1.82) is 15.8 Å². The zero-order chi connectivity index (χ0) is 49.3. The number of rotatable bonds is 10. The standard InChI is InChI=1S/C61H49F3N4OS/c1-42-35-57-54(36-47(42)29-34-56-55(40-67)58(48(38-65)39-66)69-60(56,61(62,63)64)49-30-27-46(28-31-49)45-17-9-5-10-18-45)43(2)37-59(3,4)68(57)41-44-25-32-53(33-26-44)70(50-19-11-6-12-20-50,51-21-13-7-14-22-51)52-23-15-8-16-24-52/h5-36,43H,37,41H2,1-4H3/b34-29+. The van der Waals surface area contributed by atoms with Gasteiger partial charge in [0, 0.05) is 48.5 Å². The van der Waals surface area contributed by atoms with Crippen LogP contribution in [-0.2, 0) is 16.9 Å². The third-order valence-corrected chi connectivity index (χ3v) is 17.5. The van der Waals surface area contributed by atoms with Crippen LogP contribution in [0.25, 0.3) is 17.2 Å². The van der Waals surface area contributed by atoms with Crippen LogP contribution in [0, 0.1) is 40.9 Å². The summed E-state index contributed by atoms with van der Waals surface area (Å²) >= 11 is 0. The lowest BCUT2D eigenvalue weighted by atomic mass is 9.78. The number of halogens is 3. The molecule has 70 heavy (non-hydrogen) atoms. The number of aryl methyl sites for hydroxylation is 1. The van der Waals surface area contributed by atoms with Gasteiger partial charge in [0.25, 0.3) is 5.60 Å². The molecular weight excluding hydrogens is 894 g/mol. The average Bonchev–Trinajstić information content (AvgIpc) is 3.72. The molecule has 0 aliphatic carbocycles. The Morgan fingerprint density at radius 3 is 1.69 bits per heavy atom. The molecule has 2 atom stereocenters. The predicted octanol–water partition coefficient (Wildman–Crippen LogP) is 15.9. The van der Waals surface area contributed by atoms with Gasteiger partial charge in [0.1, 0.15) is 23.8 Å². The van der Waals surface area contributed by atoms with E-state index in [1.54, 1.807) is 30.3 Å². The number of nitrogens with zero attached hydrogens (tertiary/aromatic N) is 4. The minimum Gasteiger partial charge on any atom is -0.465 e. The van der Waals surface area contributed by atoms with E-state index >= 15 is 13.2 Å². The minimum atomic E-state index is -5.13. The fraction of sp³-hybridized carbons (Fsp3) is 0.164. The third-order valence-electron chi connectivity index (χ3n) is 13.6. The molecule has 0 spiro atoms. The molecule has 0 saturated carbocycles. The van der Waals surface area contributed by atoms with E-state index in [2.05, 4.69) is 147 Å². The first-order chi connectivity index (χ1) is 33.8. The van der Waals surface area contributed by atoms with E-state index in [-0.39, 0.29) is 17.0 Å². The van der Waals surface area contributed by atoms with Crippen molar-refractivity contribution < 1.29 is 17.9 Å². The van der Waals surface area contributed by atoms with Crippen molar-refractivity contribution in [2.45, 2.75) is 83.5 Å². The number of hydrogen-bond acceptors (Lipinski definition) is 5. The van der Waals surface area contributed by atoms with Gasteiger partial charge >= 0.3 is 6.18 Å². The van der Waals surface area contributed by atoms with Crippen LogP contribution in [-0.4, -0.2) is 11.7 Å². The number of hydrogen-bond donors (Lipinski definition) is 0. The molecule has 5 nitrogen and oxygen atoms in total. The van der Waals surface area contributed by atoms with E-state index in [4.69, 9.17) is 4.74 Å². The monoisotopic (exact) mass is 942 g/mol. The highest BCUT2D eigenvalue weighted by molar-refractivity contribution is 8.34. The summed E-state index contributed by atoms with van der Waals surface area (Å²) < 4.78 is 53.5. The van der Waals surface area contributed by atoms with Gasteiger partial charge in [0.15, 0.2) is 11.3 Å². The highest BCUT2D eigenvalue weighted by Gasteiger charge is 2.65. The molecule has 9 rings (SSSR count). The second kappa shape index (κ2) is 18.8. The maximum atomic E-state index is 15.9. The number of benzene rings is 7. The molecular formula is C61H49F3N4OS. The Hall–Kier alpha value is -8.03. The molecule has 0 bridgehead atoms. The van der Waals surface area contributed by atoms with Gasteiger partial charge in [-0.3, -0.25) is 0 Å². The van der Waals surface area contributed by atoms with Gasteiger partial charge in [-0.1, -0.05) is 140 Å². The fourth-order valence-corrected chi connectivity index (χ4v) is 14.1. The predicted molar refractivity (Wildman–Crippen MR) is 272 cm³/mol. The van der Waals surface area contributed by atoms with E-state index in [0.717, 1.165) is 34.4 Å². The number of ether oxygens (including phenoxy) is 1. The van der Waals surface area contributed by atoms with Crippen LogP contribution < -0.4 is 4.90 Å². The molecule has 0 saturated heterocycles. The zero-order valence-electron chi connectivity index (χ0n) is 39.2. The SMILES string of the molecule is Cc1cc2c(cc1/C=C/C1=C(C#N)C(=C(C#N)C#N)OC1(c1ccc(-c3ccccc3)cc1)C(F)(F)F)C(C)CC(C)(C)N2Cc1ccc(S(c2ccccc2)(c2ccccc2)c2ccccc2)cc1. The van der Waals surface area contributed by atoms with E-state index < -0.39 is 44.3 Å². The lowest BCUT2D eigenvalue weighted by molar-refractivity contribution is -0.249. The summed E-state index contributed by atoms with van der Waals surface area (Å²) in [5.74, 6) is -0.599. The lowest BCUT2D eigenvalue weighted by Crippen LogP contribution is -2.47. The Morgan fingerprint density at radius 1 is 0.686 bits per heavy atom. The van der Waals surface area contributed by atoms with Crippen LogP contribution in [0.5, 0.6) is 0 Å². The molecule has 7 aromatic carbocycles. The molecule has 0 amide bonds. The Morgan fingerprint density at radius 2 is 1.19 bits per heavy atom. The maximum Gasteiger partial charge on any atom is 0.437 e. The summed E-state index contributed by atoms with van der Waals surface area (Å²) in [5.41, 5.74) is 0.670. The summed E-state index contributed by atoms with van der Waals surface area (Å²) in [6.07, 6.45) is -1.45. The average molecular weight is 943 g/mol. The Bertz CT molecular complexity index is 3180. The quantitative estimate of drug-likeness (QED) is 0.128. The van der Waals surface area contributed by atoms with Crippen LogP contribution >= 0.6 is 10.0 Å². The summed E-state index contributed by atoms with van der Waals surface area (Å²) in [6, 6.07) is 65.6. The first-order valence-corrected chi connectivity index (χ1v) is 24.7. The van der Waals surface area contributed by atoms with Gasteiger partial charge in [-0.15, -0.1) is 10.0 Å². The van der Waals surface area contributed by atoms with Gasteiger partial charge in [-0.25, -0.2) is 0 Å². The summed E-state index contributed by atoms with van der Waals surface area (Å²) in [6.45, 7) is 9.22. The van der Waals surface area contributed by atoms with Gasteiger partial charge < -0.3 is 9.64 Å². The number of fused-ring (bicyclic) bond motifs is 1. The van der Waals surface area contributed by atoms with E-state index in [1.165, 1.54) is 37.8 Å². The van der Waals surface area contributed by atoms with Crippen LogP contribution in [0.15, 0.2) is 230 Å². The molecule has 2 aliphatic rings. The number of anilines is 1. The Balaban J connectivity index is 1.11. The normalized spacial score (nSPS) is 17.8. The molecule has 2 heterocycles. The van der Waals surface area contributed by atoms with Crippen LogP contribution in [0.4, 0.5) is 18.9 Å². The molecule has 0 aromatic heterocycles. The Kier molecular flexibility index (Phi) is 12.6. The second-order valence-corrected chi connectivity index (χ2v) is 21.5. The maximum absolute atomic E-state index is 15.9. The number of nitriles is 3.